The Morgan fingerprint density at radius 2 is 1.86 bits per heavy atom. The second-order valence-electron chi connectivity index (χ2n) is 6.88. The first-order valence-corrected chi connectivity index (χ1v) is 11.3. The standard InChI is InChI=1S/C17H30N4O6S2/c1-9(22)13(18)15(24)20-11(8-28)14(23)19-10(5-7-29-2)16(25)21-6-3-4-12(21)17(26)27/h9-13,22,28H,3-8,18H2,1-2H3,(H,19,23)(H,20,24)(H,26,27). The Labute approximate surface area is 179 Å². The van der Waals surface area contributed by atoms with E-state index in [0.717, 1.165) is 0 Å². The van der Waals surface area contributed by atoms with Crippen LogP contribution < -0.4 is 16.4 Å². The highest BCUT2D eigenvalue weighted by molar-refractivity contribution is 7.98. The average molecular weight is 451 g/mol. The molecule has 1 aliphatic rings. The van der Waals surface area contributed by atoms with E-state index in [1.807, 2.05) is 6.26 Å². The normalized spacial score (nSPS) is 20.4. The van der Waals surface area contributed by atoms with Crippen LogP contribution >= 0.6 is 24.4 Å². The zero-order valence-electron chi connectivity index (χ0n) is 16.5. The largest absolute Gasteiger partial charge is 0.480 e. The Hall–Kier alpha value is -1.50. The van der Waals surface area contributed by atoms with E-state index < -0.39 is 54.0 Å². The zero-order chi connectivity index (χ0) is 22.1. The number of carboxylic acid groups (broad SMARTS) is 1. The van der Waals surface area contributed by atoms with Crippen LogP contribution in [0.25, 0.3) is 0 Å². The van der Waals surface area contributed by atoms with E-state index in [1.54, 1.807) is 0 Å². The number of hydrogen-bond acceptors (Lipinski definition) is 8. The molecule has 1 rings (SSSR count). The second-order valence-corrected chi connectivity index (χ2v) is 8.23. The van der Waals surface area contributed by atoms with Gasteiger partial charge in [0.2, 0.25) is 17.7 Å². The van der Waals surface area contributed by atoms with Gasteiger partial charge in [-0.3, -0.25) is 14.4 Å². The highest BCUT2D eigenvalue weighted by Crippen LogP contribution is 2.19. The molecule has 166 valence electrons. The molecule has 5 unspecified atom stereocenters. The van der Waals surface area contributed by atoms with Crippen LogP contribution in [-0.2, 0) is 19.2 Å². The third kappa shape index (κ3) is 7.36. The van der Waals surface area contributed by atoms with Crippen molar-refractivity contribution in [2.24, 2.45) is 5.73 Å². The molecule has 0 radical (unpaired) electrons. The van der Waals surface area contributed by atoms with Crippen LogP contribution in [0.2, 0.25) is 0 Å². The lowest BCUT2D eigenvalue weighted by Crippen LogP contribution is -2.58. The molecule has 1 saturated heterocycles. The molecule has 10 nitrogen and oxygen atoms in total. The molecule has 5 atom stereocenters. The Balaban J connectivity index is 2.86. The van der Waals surface area contributed by atoms with Crippen molar-refractivity contribution >= 4 is 48.1 Å². The van der Waals surface area contributed by atoms with Gasteiger partial charge in [-0.15, -0.1) is 0 Å². The molecule has 0 saturated carbocycles. The lowest BCUT2D eigenvalue weighted by Gasteiger charge is -2.28. The van der Waals surface area contributed by atoms with E-state index in [1.165, 1.54) is 23.6 Å². The predicted octanol–water partition coefficient (Wildman–Crippen LogP) is -1.58. The summed E-state index contributed by atoms with van der Waals surface area (Å²) < 4.78 is 0. The number of aliphatic carboxylic acids is 1. The number of carbonyl (C=O) groups excluding carboxylic acids is 3. The number of carbonyl (C=O) groups is 4. The molecule has 0 aromatic carbocycles. The molecule has 0 aliphatic carbocycles. The summed E-state index contributed by atoms with van der Waals surface area (Å²) >= 11 is 5.56. The Morgan fingerprint density at radius 3 is 2.38 bits per heavy atom. The number of rotatable bonds is 11. The van der Waals surface area contributed by atoms with Crippen LogP contribution in [0.5, 0.6) is 0 Å². The van der Waals surface area contributed by atoms with Crippen molar-refractivity contribution in [3.05, 3.63) is 0 Å². The van der Waals surface area contributed by atoms with Gasteiger partial charge in [0.15, 0.2) is 0 Å². The van der Waals surface area contributed by atoms with Gasteiger partial charge in [0.1, 0.15) is 24.2 Å². The van der Waals surface area contributed by atoms with Crippen molar-refractivity contribution in [1.29, 1.82) is 0 Å². The van der Waals surface area contributed by atoms with Gasteiger partial charge in [0.05, 0.1) is 6.10 Å². The Kier molecular flexibility index (Phi) is 10.8. The first-order chi connectivity index (χ1) is 13.6. The Morgan fingerprint density at radius 1 is 1.24 bits per heavy atom. The summed E-state index contributed by atoms with van der Waals surface area (Å²) in [5, 5.41) is 23.8. The fraction of sp³-hybridized carbons (Fsp3) is 0.765. The number of likely N-dealkylation sites (tertiary alicyclic amines) is 1. The van der Waals surface area contributed by atoms with Crippen LogP contribution in [-0.4, -0.2) is 93.4 Å². The highest BCUT2D eigenvalue weighted by Gasteiger charge is 2.38. The number of aliphatic hydroxyl groups excluding tert-OH is 1. The molecule has 0 bridgehead atoms. The number of nitrogens with zero attached hydrogens (tertiary/aromatic N) is 1. The smallest absolute Gasteiger partial charge is 0.326 e. The quantitative estimate of drug-likeness (QED) is 0.206. The zero-order valence-corrected chi connectivity index (χ0v) is 18.2. The van der Waals surface area contributed by atoms with Gasteiger partial charge < -0.3 is 31.5 Å². The van der Waals surface area contributed by atoms with E-state index in [4.69, 9.17) is 5.73 Å². The van der Waals surface area contributed by atoms with Gasteiger partial charge >= 0.3 is 5.97 Å². The number of hydrogen-bond donors (Lipinski definition) is 6. The number of aliphatic hydroxyl groups is 1. The fourth-order valence-corrected chi connectivity index (χ4v) is 3.66. The summed E-state index contributed by atoms with van der Waals surface area (Å²) in [7, 11) is 0. The van der Waals surface area contributed by atoms with Gasteiger partial charge in [0.25, 0.3) is 0 Å². The van der Waals surface area contributed by atoms with Crippen molar-refractivity contribution in [1.82, 2.24) is 15.5 Å². The Bertz CT molecular complexity index is 606. The molecule has 1 fully saturated rings. The maximum Gasteiger partial charge on any atom is 0.326 e. The van der Waals surface area contributed by atoms with E-state index in [2.05, 4.69) is 23.3 Å². The van der Waals surface area contributed by atoms with Gasteiger partial charge in [-0.25, -0.2) is 4.79 Å². The third-order valence-electron chi connectivity index (χ3n) is 4.68. The number of carboxylic acids is 1. The van der Waals surface area contributed by atoms with Gasteiger partial charge in [0, 0.05) is 12.3 Å². The van der Waals surface area contributed by atoms with Crippen LogP contribution in [0.3, 0.4) is 0 Å². The maximum absolute atomic E-state index is 12.9. The van der Waals surface area contributed by atoms with E-state index >= 15 is 0 Å². The first kappa shape index (κ1) is 25.5. The molecule has 1 aliphatic heterocycles. The van der Waals surface area contributed by atoms with Crippen molar-refractivity contribution in [3.63, 3.8) is 0 Å². The van der Waals surface area contributed by atoms with Crippen molar-refractivity contribution in [3.8, 4) is 0 Å². The van der Waals surface area contributed by atoms with Crippen molar-refractivity contribution < 1.29 is 29.4 Å². The van der Waals surface area contributed by atoms with Crippen LogP contribution in [0, 0.1) is 0 Å². The molecule has 0 spiro atoms. The number of nitrogens with two attached hydrogens (primary N) is 1. The fourth-order valence-electron chi connectivity index (χ4n) is 2.93. The SMILES string of the molecule is CSCCC(NC(=O)C(CS)NC(=O)C(N)C(C)O)C(=O)N1CCCC1C(=O)O. The second kappa shape index (κ2) is 12.3. The molecular formula is C17H30N4O6S2. The van der Waals surface area contributed by atoms with Crippen molar-refractivity contribution in [2.75, 3.05) is 24.3 Å². The summed E-state index contributed by atoms with van der Waals surface area (Å²) in [6.45, 7) is 1.67. The molecule has 29 heavy (non-hydrogen) atoms. The molecule has 12 heteroatoms. The van der Waals surface area contributed by atoms with Gasteiger partial charge in [-0.05, 0) is 38.2 Å². The minimum Gasteiger partial charge on any atom is -0.480 e. The number of nitrogens with one attached hydrogen (secondary N) is 2. The maximum atomic E-state index is 12.9. The monoisotopic (exact) mass is 450 g/mol. The number of amides is 3. The molecular weight excluding hydrogens is 420 g/mol. The van der Waals surface area contributed by atoms with Crippen LogP contribution in [0.15, 0.2) is 0 Å². The summed E-state index contributed by atoms with van der Waals surface area (Å²) in [5.74, 6) is -2.34. The summed E-state index contributed by atoms with van der Waals surface area (Å²) in [4.78, 5) is 50.3. The predicted molar refractivity (Wildman–Crippen MR) is 113 cm³/mol. The summed E-state index contributed by atoms with van der Waals surface area (Å²) in [5.41, 5.74) is 5.57. The molecule has 0 aromatic rings. The van der Waals surface area contributed by atoms with Gasteiger partial charge in [-0.2, -0.15) is 24.4 Å². The first-order valence-electron chi connectivity index (χ1n) is 9.31. The minimum atomic E-state index is -1.21. The number of thiol groups is 1. The van der Waals surface area contributed by atoms with Gasteiger partial charge in [-0.1, -0.05) is 0 Å². The third-order valence-corrected chi connectivity index (χ3v) is 5.69. The molecule has 0 aromatic heterocycles. The number of thioether (sulfide) groups is 1. The van der Waals surface area contributed by atoms with E-state index in [0.29, 0.717) is 31.6 Å². The molecule has 6 N–H and O–H groups in total. The highest BCUT2D eigenvalue weighted by atomic mass is 32.2. The molecule has 3 amide bonds. The van der Waals surface area contributed by atoms with E-state index in [9.17, 15) is 29.4 Å². The summed E-state index contributed by atoms with van der Waals surface area (Å²) in [6.07, 6.45) is 2.02. The molecule has 1 heterocycles. The van der Waals surface area contributed by atoms with Crippen LogP contribution in [0.1, 0.15) is 26.2 Å². The topological polar surface area (TPSA) is 162 Å². The van der Waals surface area contributed by atoms with Crippen LogP contribution in [0.4, 0.5) is 0 Å². The lowest BCUT2D eigenvalue weighted by molar-refractivity contribution is -0.149. The average Bonchev–Trinajstić information content (AvgIpc) is 3.17. The summed E-state index contributed by atoms with van der Waals surface area (Å²) in [6, 6.07) is -4.09. The van der Waals surface area contributed by atoms with E-state index in [-0.39, 0.29) is 5.75 Å². The lowest BCUT2D eigenvalue weighted by atomic mass is 10.1. The minimum absolute atomic E-state index is 0.0466. The van der Waals surface area contributed by atoms with Crippen molar-refractivity contribution in [2.45, 2.75) is 56.5 Å².